The predicted octanol–water partition coefficient (Wildman–Crippen LogP) is 0.749. The van der Waals surface area contributed by atoms with Crippen LogP contribution in [0.5, 0.6) is 0 Å². The molecule has 0 aliphatic carbocycles. The molecule has 0 radical (unpaired) electrons. The predicted molar refractivity (Wildman–Crippen MR) is 42.5 cm³/mol. The molecular formula is C8H12N2. The van der Waals surface area contributed by atoms with Gasteiger partial charge in [0.2, 0.25) is 0 Å². The van der Waals surface area contributed by atoms with Crippen molar-refractivity contribution < 1.29 is 0 Å². The Labute approximate surface area is 61.0 Å². The van der Waals surface area contributed by atoms with Gasteiger partial charge in [0, 0.05) is 5.71 Å². The zero-order chi connectivity index (χ0) is 6.81. The Bertz CT molecular complexity index is 182. The first kappa shape index (κ1) is 6.10. The summed E-state index contributed by atoms with van der Waals surface area (Å²) in [5, 5.41) is 3.40. The minimum atomic E-state index is 0.475. The van der Waals surface area contributed by atoms with E-state index in [1.807, 2.05) is 0 Å². The standard InChI is InChI=1S/C8H12N2/c1-3-7-8(9-5-1)4-2-6-10-7/h1,3,7,10H,2,4-6H2. The lowest BCUT2D eigenvalue weighted by Gasteiger charge is -2.24. The summed E-state index contributed by atoms with van der Waals surface area (Å²) < 4.78 is 0. The van der Waals surface area contributed by atoms with E-state index in [0.29, 0.717) is 6.04 Å². The van der Waals surface area contributed by atoms with Gasteiger partial charge in [0.05, 0.1) is 12.6 Å². The molecule has 0 saturated carbocycles. The van der Waals surface area contributed by atoms with Gasteiger partial charge >= 0.3 is 0 Å². The maximum Gasteiger partial charge on any atom is 0.0637 e. The van der Waals surface area contributed by atoms with Crippen LogP contribution in [0.4, 0.5) is 0 Å². The first-order valence-corrected chi connectivity index (χ1v) is 3.90. The summed E-state index contributed by atoms with van der Waals surface area (Å²) in [5.74, 6) is 0. The molecule has 2 heterocycles. The number of fused-ring (bicyclic) bond motifs is 1. The Morgan fingerprint density at radius 1 is 1.60 bits per heavy atom. The lowest BCUT2D eigenvalue weighted by molar-refractivity contribution is 0.608. The van der Waals surface area contributed by atoms with E-state index in [1.54, 1.807) is 0 Å². The molecule has 0 aromatic carbocycles. The highest BCUT2D eigenvalue weighted by Crippen LogP contribution is 2.09. The van der Waals surface area contributed by atoms with Crippen LogP contribution in [-0.4, -0.2) is 24.8 Å². The largest absolute Gasteiger partial charge is 0.306 e. The third-order valence-electron chi connectivity index (χ3n) is 2.06. The van der Waals surface area contributed by atoms with E-state index < -0.39 is 0 Å². The Balaban J connectivity index is 2.13. The van der Waals surface area contributed by atoms with Gasteiger partial charge in [-0.3, -0.25) is 4.99 Å². The number of dihydropyridines is 1. The van der Waals surface area contributed by atoms with E-state index in [2.05, 4.69) is 22.5 Å². The van der Waals surface area contributed by atoms with Crippen LogP contribution in [0.1, 0.15) is 12.8 Å². The van der Waals surface area contributed by atoms with Crippen LogP contribution >= 0.6 is 0 Å². The lowest BCUT2D eigenvalue weighted by atomic mass is 10.0. The van der Waals surface area contributed by atoms with E-state index in [0.717, 1.165) is 13.1 Å². The minimum Gasteiger partial charge on any atom is -0.306 e. The van der Waals surface area contributed by atoms with Crippen LogP contribution in [0.25, 0.3) is 0 Å². The molecule has 1 fully saturated rings. The molecule has 1 saturated heterocycles. The van der Waals surface area contributed by atoms with Crippen LogP contribution < -0.4 is 5.32 Å². The topological polar surface area (TPSA) is 24.4 Å². The number of hydrogen-bond donors (Lipinski definition) is 1. The number of nitrogens with zero attached hydrogens (tertiary/aromatic N) is 1. The number of nitrogens with one attached hydrogen (secondary N) is 1. The van der Waals surface area contributed by atoms with E-state index in [1.165, 1.54) is 18.6 Å². The van der Waals surface area contributed by atoms with Gasteiger partial charge in [0.25, 0.3) is 0 Å². The number of rotatable bonds is 0. The van der Waals surface area contributed by atoms with E-state index in [4.69, 9.17) is 0 Å². The maximum absolute atomic E-state index is 4.42. The molecule has 0 aromatic rings. The summed E-state index contributed by atoms with van der Waals surface area (Å²) in [4.78, 5) is 4.42. The lowest BCUT2D eigenvalue weighted by Crippen LogP contribution is -2.41. The van der Waals surface area contributed by atoms with Crippen LogP contribution in [0.15, 0.2) is 17.1 Å². The van der Waals surface area contributed by atoms with Crippen molar-refractivity contribution in [2.75, 3.05) is 13.1 Å². The van der Waals surface area contributed by atoms with E-state index >= 15 is 0 Å². The molecule has 0 spiro atoms. The van der Waals surface area contributed by atoms with E-state index in [-0.39, 0.29) is 0 Å². The highest BCUT2D eigenvalue weighted by atomic mass is 15.0. The van der Waals surface area contributed by atoms with Gasteiger partial charge in [-0.05, 0) is 19.4 Å². The first-order chi connectivity index (χ1) is 4.97. The number of hydrogen-bond acceptors (Lipinski definition) is 2. The SMILES string of the molecule is C1=CC2NCCCC2=NC1. The molecule has 0 bridgehead atoms. The Kier molecular flexibility index (Phi) is 1.55. The second-order valence-electron chi connectivity index (χ2n) is 2.80. The second kappa shape index (κ2) is 2.54. The molecule has 0 amide bonds. The quantitative estimate of drug-likeness (QED) is 0.488. The maximum atomic E-state index is 4.42. The Morgan fingerprint density at radius 2 is 2.60 bits per heavy atom. The fourth-order valence-electron chi connectivity index (χ4n) is 1.52. The van der Waals surface area contributed by atoms with Gasteiger partial charge in [0.1, 0.15) is 0 Å². The van der Waals surface area contributed by atoms with Gasteiger partial charge in [-0.1, -0.05) is 12.2 Å². The van der Waals surface area contributed by atoms with Crippen LogP contribution in [0.2, 0.25) is 0 Å². The van der Waals surface area contributed by atoms with Crippen molar-refractivity contribution in [1.29, 1.82) is 0 Å². The fraction of sp³-hybridized carbons (Fsp3) is 0.625. The van der Waals surface area contributed by atoms with Gasteiger partial charge in [-0.2, -0.15) is 0 Å². The minimum absolute atomic E-state index is 0.475. The van der Waals surface area contributed by atoms with Gasteiger partial charge in [0.15, 0.2) is 0 Å². The third-order valence-corrected chi connectivity index (χ3v) is 2.06. The highest BCUT2D eigenvalue weighted by Gasteiger charge is 2.17. The smallest absolute Gasteiger partial charge is 0.0637 e. The summed E-state index contributed by atoms with van der Waals surface area (Å²) in [6.07, 6.45) is 6.80. The van der Waals surface area contributed by atoms with Crippen molar-refractivity contribution in [3.63, 3.8) is 0 Å². The molecule has 1 unspecified atom stereocenters. The van der Waals surface area contributed by atoms with Crippen LogP contribution in [0.3, 0.4) is 0 Å². The summed E-state index contributed by atoms with van der Waals surface area (Å²) in [6.45, 7) is 2.04. The number of aliphatic imine (C=N–C) groups is 1. The van der Waals surface area contributed by atoms with Crippen molar-refractivity contribution in [1.82, 2.24) is 5.32 Å². The normalized spacial score (nSPS) is 31.2. The molecule has 2 nitrogen and oxygen atoms in total. The summed E-state index contributed by atoms with van der Waals surface area (Å²) in [6, 6.07) is 0.475. The zero-order valence-electron chi connectivity index (χ0n) is 6.01. The molecule has 1 N–H and O–H groups in total. The second-order valence-corrected chi connectivity index (χ2v) is 2.80. The van der Waals surface area contributed by atoms with Crippen LogP contribution in [0, 0.1) is 0 Å². The monoisotopic (exact) mass is 136 g/mol. The number of piperidine rings is 1. The summed E-state index contributed by atoms with van der Waals surface area (Å²) >= 11 is 0. The van der Waals surface area contributed by atoms with Crippen molar-refractivity contribution in [2.45, 2.75) is 18.9 Å². The summed E-state index contributed by atoms with van der Waals surface area (Å²) in [7, 11) is 0. The molecule has 2 rings (SSSR count). The molecule has 2 aliphatic heterocycles. The molecule has 0 aromatic heterocycles. The van der Waals surface area contributed by atoms with Crippen molar-refractivity contribution in [3.05, 3.63) is 12.2 Å². The zero-order valence-corrected chi connectivity index (χ0v) is 6.01. The van der Waals surface area contributed by atoms with Crippen molar-refractivity contribution in [2.24, 2.45) is 4.99 Å². The van der Waals surface area contributed by atoms with E-state index in [9.17, 15) is 0 Å². The molecule has 54 valence electrons. The molecule has 1 atom stereocenters. The van der Waals surface area contributed by atoms with Crippen molar-refractivity contribution >= 4 is 5.71 Å². The van der Waals surface area contributed by atoms with Gasteiger partial charge in [-0.25, -0.2) is 0 Å². The fourth-order valence-corrected chi connectivity index (χ4v) is 1.52. The molecular weight excluding hydrogens is 124 g/mol. The average molecular weight is 136 g/mol. The molecule has 10 heavy (non-hydrogen) atoms. The highest BCUT2D eigenvalue weighted by molar-refractivity contribution is 5.92. The molecule has 2 heteroatoms. The summed E-state index contributed by atoms with van der Waals surface area (Å²) in [5.41, 5.74) is 1.36. The third kappa shape index (κ3) is 0.991. The first-order valence-electron chi connectivity index (χ1n) is 3.90. The Hall–Kier alpha value is -0.630. The molecule has 2 aliphatic rings. The Morgan fingerprint density at radius 3 is 3.50 bits per heavy atom. The average Bonchev–Trinajstić information content (AvgIpc) is 2.05. The van der Waals surface area contributed by atoms with Gasteiger partial charge in [-0.15, -0.1) is 0 Å². The van der Waals surface area contributed by atoms with Crippen LogP contribution in [-0.2, 0) is 0 Å². The van der Waals surface area contributed by atoms with Gasteiger partial charge < -0.3 is 5.32 Å². The van der Waals surface area contributed by atoms with Crippen molar-refractivity contribution in [3.8, 4) is 0 Å².